The van der Waals surface area contributed by atoms with E-state index in [1.807, 2.05) is 0 Å². The van der Waals surface area contributed by atoms with Gasteiger partial charge in [-0.1, -0.05) is 0 Å². The smallest absolute Gasteiger partial charge is 0.276 e. The molecule has 0 fully saturated rings. The Morgan fingerprint density at radius 3 is 2.59 bits per heavy atom. The lowest BCUT2D eigenvalue weighted by Crippen LogP contribution is -2.44. The molecule has 0 saturated carbocycles. The number of carbonyl (C=O) groups excluding carboxylic acids is 2. The summed E-state index contributed by atoms with van der Waals surface area (Å²) in [7, 11) is 0. The minimum Gasteiger partial charge on any atom is -0.619 e. The largest absolute Gasteiger partial charge is 0.619 e. The SMILES string of the molecule is O=C(COc1ccc(F)cc1)NNC(=O)c1ccc[n+]([O-])c1. The number of aromatic nitrogens is 1. The number of hydrogen-bond acceptors (Lipinski definition) is 4. The Kier molecular flexibility index (Phi) is 4.86. The summed E-state index contributed by atoms with van der Waals surface area (Å²) < 4.78 is 18.2. The molecule has 2 N–H and O–H groups in total. The normalized spacial score (nSPS) is 9.86. The van der Waals surface area contributed by atoms with Gasteiger partial charge in [0.25, 0.3) is 11.8 Å². The molecule has 114 valence electrons. The van der Waals surface area contributed by atoms with Crippen LogP contribution in [0.3, 0.4) is 0 Å². The second-order valence-corrected chi connectivity index (χ2v) is 4.20. The zero-order valence-corrected chi connectivity index (χ0v) is 11.3. The van der Waals surface area contributed by atoms with Gasteiger partial charge in [-0.3, -0.25) is 20.4 Å². The van der Waals surface area contributed by atoms with E-state index in [9.17, 15) is 19.2 Å². The van der Waals surface area contributed by atoms with Crippen molar-refractivity contribution in [1.29, 1.82) is 0 Å². The van der Waals surface area contributed by atoms with Gasteiger partial charge < -0.3 is 9.94 Å². The first-order valence-corrected chi connectivity index (χ1v) is 6.21. The van der Waals surface area contributed by atoms with Gasteiger partial charge in [0.2, 0.25) is 0 Å². The summed E-state index contributed by atoms with van der Waals surface area (Å²) in [5, 5.41) is 11.0. The van der Waals surface area contributed by atoms with Crippen molar-refractivity contribution in [3.63, 3.8) is 0 Å². The standard InChI is InChI=1S/C14H12FN3O4/c15-11-3-5-12(6-4-11)22-9-13(19)16-17-14(20)10-2-1-7-18(21)8-10/h1-8H,9H2,(H,16,19)(H,17,20). The van der Waals surface area contributed by atoms with Crippen molar-refractivity contribution in [1.82, 2.24) is 10.9 Å². The molecule has 0 aliphatic carbocycles. The summed E-state index contributed by atoms with van der Waals surface area (Å²) >= 11 is 0. The summed E-state index contributed by atoms with van der Waals surface area (Å²) in [5.41, 5.74) is 4.37. The first-order valence-electron chi connectivity index (χ1n) is 6.21. The van der Waals surface area contributed by atoms with Gasteiger partial charge in [-0.25, -0.2) is 4.39 Å². The number of amides is 2. The van der Waals surface area contributed by atoms with E-state index in [0.717, 1.165) is 6.20 Å². The van der Waals surface area contributed by atoms with Crippen molar-refractivity contribution in [2.45, 2.75) is 0 Å². The average molecular weight is 305 g/mol. The van der Waals surface area contributed by atoms with E-state index in [1.54, 1.807) is 0 Å². The number of carbonyl (C=O) groups is 2. The number of ether oxygens (including phenoxy) is 1. The quantitative estimate of drug-likeness (QED) is 0.482. The van der Waals surface area contributed by atoms with Crippen LogP contribution < -0.4 is 20.3 Å². The highest BCUT2D eigenvalue weighted by atomic mass is 19.1. The van der Waals surface area contributed by atoms with Crippen LogP contribution in [0, 0.1) is 11.0 Å². The third-order valence-corrected chi connectivity index (χ3v) is 2.54. The number of nitrogens with one attached hydrogen (secondary N) is 2. The van der Waals surface area contributed by atoms with E-state index < -0.39 is 17.6 Å². The van der Waals surface area contributed by atoms with Crippen LogP contribution in [0.5, 0.6) is 5.75 Å². The second-order valence-electron chi connectivity index (χ2n) is 4.20. The van der Waals surface area contributed by atoms with Crippen molar-refractivity contribution in [2.24, 2.45) is 0 Å². The van der Waals surface area contributed by atoms with Crippen LogP contribution in [0.25, 0.3) is 0 Å². The van der Waals surface area contributed by atoms with Gasteiger partial charge in [-0.05, 0) is 30.3 Å². The fourth-order valence-corrected chi connectivity index (χ4v) is 1.50. The molecule has 0 aliphatic rings. The highest BCUT2D eigenvalue weighted by molar-refractivity contribution is 5.94. The maximum atomic E-state index is 12.7. The van der Waals surface area contributed by atoms with Gasteiger partial charge in [-0.15, -0.1) is 0 Å². The first-order chi connectivity index (χ1) is 10.5. The van der Waals surface area contributed by atoms with Gasteiger partial charge in [0.1, 0.15) is 17.1 Å². The van der Waals surface area contributed by atoms with Crippen molar-refractivity contribution in [3.05, 3.63) is 65.4 Å². The summed E-state index contributed by atoms with van der Waals surface area (Å²) in [4.78, 5) is 23.1. The van der Waals surface area contributed by atoms with Crippen LogP contribution in [-0.2, 0) is 4.79 Å². The molecule has 0 radical (unpaired) electrons. The lowest BCUT2D eigenvalue weighted by Gasteiger charge is -2.08. The second kappa shape index (κ2) is 7.02. The van der Waals surface area contributed by atoms with E-state index in [-0.39, 0.29) is 12.2 Å². The molecule has 1 aromatic carbocycles. The van der Waals surface area contributed by atoms with E-state index in [2.05, 4.69) is 10.9 Å². The molecule has 0 saturated heterocycles. The van der Waals surface area contributed by atoms with Gasteiger partial charge in [0.05, 0.1) is 0 Å². The number of hydrogen-bond donors (Lipinski definition) is 2. The molecule has 8 heteroatoms. The molecule has 7 nitrogen and oxygen atoms in total. The maximum absolute atomic E-state index is 12.7. The molecule has 22 heavy (non-hydrogen) atoms. The van der Waals surface area contributed by atoms with Crippen LogP contribution in [0.2, 0.25) is 0 Å². The average Bonchev–Trinajstić information content (AvgIpc) is 2.52. The van der Waals surface area contributed by atoms with E-state index in [4.69, 9.17) is 4.74 Å². The summed E-state index contributed by atoms with van der Waals surface area (Å²) in [5.74, 6) is -1.34. The van der Waals surface area contributed by atoms with Crippen LogP contribution in [-0.4, -0.2) is 18.4 Å². The van der Waals surface area contributed by atoms with E-state index in [1.165, 1.54) is 42.6 Å². The van der Waals surface area contributed by atoms with Gasteiger partial charge in [0.15, 0.2) is 19.0 Å². The number of hydrazine groups is 1. The minimum atomic E-state index is -0.639. The molecule has 2 rings (SSSR count). The van der Waals surface area contributed by atoms with E-state index >= 15 is 0 Å². The molecule has 1 heterocycles. The highest BCUT2D eigenvalue weighted by Crippen LogP contribution is 2.10. The Morgan fingerprint density at radius 2 is 1.91 bits per heavy atom. The first kappa shape index (κ1) is 15.2. The molecule has 2 amide bonds. The summed E-state index contributed by atoms with van der Waals surface area (Å²) in [6, 6.07) is 7.97. The molecular weight excluding hydrogens is 293 g/mol. The maximum Gasteiger partial charge on any atom is 0.276 e. The molecule has 0 atom stereocenters. The van der Waals surface area contributed by atoms with Crippen molar-refractivity contribution < 1.29 is 23.4 Å². The number of benzene rings is 1. The molecule has 0 spiro atoms. The predicted octanol–water partition coefficient (Wildman–Crippen LogP) is 0.299. The molecule has 2 aromatic rings. The fourth-order valence-electron chi connectivity index (χ4n) is 1.50. The Morgan fingerprint density at radius 1 is 1.18 bits per heavy atom. The lowest BCUT2D eigenvalue weighted by atomic mass is 10.3. The summed E-state index contributed by atoms with van der Waals surface area (Å²) in [6.45, 7) is -0.359. The van der Waals surface area contributed by atoms with Crippen molar-refractivity contribution in [2.75, 3.05) is 6.61 Å². The Balaban J connectivity index is 1.78. The number of nitrogens with zero attached hydrogens (tertiary/aromatic N) is 1. The number of rotatable bonds is 4. The van der Waals surface area contributed by atoms with Crippen LogP contribution in [0.1, 0.15) is 10.4 Å². The zero-order chi connectivity index (χ0) is 15.9. The predicted molar refractivity (Wildman–Crippen MR) is 72.9 cm³/mol. The lowest BCUT2D eigenvalue weighted by molar-refractivity contribution is -0.605. The topological polar surface area (TPSA) is 94.4 Å². The van der Waals surface area contributed by atoms with E-state index in [0.29, 0.717) is 10.5 Å². The zero-order valence-electron chi connectivity index (χ0n) is 11.3. The van der Waals surface area contributed by atoms with Crippen molar-refractivity contribution in [3.8, 4) is 5.75 Å². The fraction of sp³-hybridized carbons (Fsp3) is 0.0714. The molecule has 0 unspecified atom stereocenters. The van der Waals surface area contributed by atoms with Crippen molar-refractivity contribution >= 4 is 11.8 Å². The molecular formula is C14H12FN3O4. The highest BCUT2D eigenvalue weighted by Gasteiger charge is 2.10. The summed E-state index contributed by atoms with van der Waals surface area (Å²) in [6.07, 6.45) is 2.29. The Hall–Kier alpha value is -3.16. The molecule has 0 aliphatic heterocycles. The minimum absolute atomic E-state index is 0.0947. The number of pyridine rings is 1. The molecule has 1 aromatic heterocycles. The Labute approximate surface area is 124 Å². The third kappa shape index (κ3) is 4.44. The van der Waals surface area contributed by atoms with Gasteiger partial charge >= 0.3 is 0 Å². The van der Waals surface area contributed by atoms with Gasteiger partial charge in [0, 0.05) is 6.07 Å². The third-order valence-electron chi connectivity index (χ3n) is 2.54. The molecule has 0 bridgehead atoms. The monoisotopic (exact) mass is 305 g/mol. The number of halogens is 1. The van der Waals surface area contributed by atoms with Crippen LogP contribution in [0.4, 0.5) is 4.39 Å². The Bertz CT molecular complexity index is 676. The van der Waals surface area contributed by atoms with Gasteiger partial charge in [-0.2, -0.15) is 4.73 Å². The van der Waals surface area contributed by atoms with Crippen LogP contribution in [0.15, 0.2) is 48.8 Å². The van der Waals surface area contributed by atoms with Crippen LogP contribution >= 0.6 is 0 Å².